The predicted octanol–water partition coefficient (Wildman–Crippen LogP) is 1.45. The third-order valence-electron chi connectivity index (χ3n) is 2.39. The Kier molecular flexibility index (Phi) is 2.61. The fourth-order valence-electron chi connectivity index (χ4n) is 1.71. The number of isocyanates is 1. The van der Waals surface area contributed by atoms with Gasteiger partial charge in [0.05, 0.1) is 12.1 Å². The summed E-state index contributed by atoms with van der Waals surface area (Å²) < 4.78 is 1.84. The molecule has 0 aliphatic rings. The number of hydrogen-bond donors (Lipinski definition) is 0. The summed E-state index contributed by atoms with van der Waals surface area (Å²) in [7, 11) is 1.90. The Hall–Kier alpha value is -1.93. The Bertz CT molecular complexity index is 524. The highest BCUT2D eigenvalue weighted by atomic mass is 16.1. The lowest BCUT2D eigenvalue weighted by atomic mass is 10.2. The van der Waals surface area contributed by atoms with Gasteiger partial charge in [-0.3, -0.25) is 4.68 Å². The fraction of sp³-hybridized carbons (Fsp3) is 0.273. The van der Waals surface area contributed by atoms with Crippen LogP contribution in [0.25, 0.3) is 10.9 Å². The summed E-state index contributed by atoms with van der Waals surface area (Å²) in [5.74, 6) is 0. The van der Waals surface area contributed by atoms with Crippen molar-refractivity contribution in [3.8, 4) is 0 Å². The van der Waals surface area contributed by atoms with E-state index in [0.29, 0.717) is 13.0 Å². The van der Waals surface area contributed by atoms with Crippen molar-refractivity contribution in [1.29, 1.82) is 0 Å². The minimum atomic E-state index is 0.465. The van der Waals surface area contributed by atoms with Crippen molar-refractivity contribution in [3.63, 3.8) is 0 Å². The van der Waals surface area contributed by atoms with Gasteiger partial charge in [0.15, 0.2) is 0 Å². The summed E-state index contributed by atoms with van der Waals surface area (Å²) in [5.41, 5.74) is 2.08. The van der Waals surface area contributed by atoms with Crippen molar-refractivity contribution in [1.82, 2.24) is 9.78 Å². The van der Waals surface area contributed by atoms with E-state index in [2.05, 4.69) is 10.1 Å². The normalized spacial score (nSPS) is 10.2. The van der Waals surface area contributed by atoms with E-state index >= 15 is 0 Å². The molecule has 4 nitrogen and oxygen atoms in total. The first-order valence-corrected chi connectivity index (χ1v) is 4.77. The Morgan fingerprint density at radius 2 is 2.27 bits per heavy atom. The van der Waals surface area contributed by atoms with E-state index in [9.17, 15) is 4.79 Å². The number of rotatable bonds is 3. The summed E-state index contributed by atoms with van der Waals surface area (Å²) in [5, 5.41) is 5.49. The van der Waals surface area contributed by atoms with Crippen LogP contribution in [-0.2, 0) is 18.3 Å². The number of aromatic nitrogens is 2. The SMILES string of the molecule is Cn1nc2ccccc2c1CCN=C=O. The third kappa shape index (κ3) is 1.80. The minimum absolute atomic E-state index is 0.465. The first-order chi connectivity index (χ1) is 7.33. The molecule has 1 aromatic heterocycles. The molecule has 2 aromatic rings. The molecule has 0 saturated carbocycles. The molecule has 1 aromatic carbocycles. The number of fused-ring (bicyclic) bond motifs is 1. The van der Waals surface area contributed by atoms with Crippen LogP contribution in [0.2, 0.25) is 0 Å². The van der Waals surface area contributed by atoms with E-state index in [4.69, 9.17) is 0 Å². The lowest BCUT2D eigenvalue weighted by Gasteiger charge is -1.98. The van der Waals surface area contributed by atoms with Crippen molar-refractivity contribution in [3.05, 3.63) is 30.0 Å². The van der Waals surface area contributed by atoms with Crippen molar-refractivity contribution in [2.75, 3.05) is 6.54 Å². The van der Waals surface area contributed by atoms with Crippen LogP contribution < -0.4 is 0 Å². The van der Waals surface area contributed by atoms with E-state index in [0.717, 1.165) is 16.6 Å². The Morgan fingerprint density at radius 1 is 1.47 bits per heavy atom. The maximum absolute atomic E-state index is 9.97. The number of carbonyl (C=O) groups excluding carboxylic acids is 1. The topological polar surface area (TPSA) is 47.2 Å². The van der Waals surface area contributed by atoms with Gasteiger partial charge in [-0.1, -0.05) is 18.2 Å². The van der Waals surface area contributed by atoms with Gasteiger partial charge < -0.3 is 0 Å². The lowest BCUT2D eigenvalue weighted by Crippen LogP contribution is -2.00. The second-order valence-electron chi connectivity index (χ2n) is 3.31. The Balaban J connectivity index is 2.40. The molecule has 15 heavy (non-hydrogen) atoms. The molecule has 0 fully saturated rings. The molecule has 0 bridgehead atoms. The van der Waals surface area contributed by atoms with Crippen LogP contribution in [0, 0.1) is 0 Å². The molecule has 2 rings (SSSR count). The van der Waals surface area contributed by atoms with Crippen LogP contribution >= 0.6 is 0 Å². The van der Waals surface area contributed by atoms with E-state index in [1.807, 2.05) is 36.0 Å². The van der Waals surface area contributed by atoms with Crippen molar-refractivity contribution in [2.24, 2.45) is 12.0 Å². The molecular formula is C11H11N3O. The van der Waals surface area contributed by atoms with Crippen LogP contribution in [-0.4, -0.2) is 22.4 Å². The van der Waals surface area contributed by atoms with Gasteiger partial charge in [-0.15, -0.1) is 0 Å². The molecule has 0 radical (unpaired) electrons. The van der Waals surface area contributed by atoms with E-state index in [1.54, 1.807) is 6.08 Å². The number of hydrogen-bond acceptors (Lipinski definition) is 3. The number of aliphatic imine (C=N–C) groups is 1. The average Bonchev–Trinajstić information content (AvgIpc) is 2.56. The molecule has 0 unspecified atom stereocenters. The van der Waals surface area contributed by atoms with Gasteiger partial charge in [-0.2, -0.15) is 5.10 Å². The average molecular weight is 201 g/mol. The maximum Gasteiger partial charge on any atom is 0.234 e. The van der Waals surface area contributed by atoms with E-state index in [-0.39, 0.29) is 0 Å². The molecule has 0 aliphatic carbocycles. The highest BCUT2D eigenvalue weighted by Crippen LogP contribution is 2.17. The van der Waals surface area contributed by atoms with Crippen LogP contribution in [0.15, 0.2) is 29.3 Å². The van der Waals surface area contributed by atoms with Crippen LogP contribution in [0.4, 0.5) is 0 Å². The number of nitrogens with zero attached hydrogens (tertiary/aromatic N) is 3. The molecule has 0 spiro atoms. The highest BCUT2D eigenvalue weighted by molar-refractivity contribution is 5.81. The summed E-state index contributed by atoms with van der Waals surface area (Å²) in [4.78, 5) is 13.5. The second-order valence-corrected chi connectivity index (χ2v) is 3.31. The third-order valence-corrected chi connectivity index (χ3v) is 2.39. The zero-order chi connectivity index (χ0) is 10.7. The molecule has 0 atom stereocenters. The van der Waals surface area contributed by atoms with Gasteiger partial charge >= 0.3 is 0 Å². The molecule has 76 valence electrons. The van der Waals surface area contributed by atoms with E-state index in [1.165, 1.54) is 0 Å². The Morgan fingerprint density at radius 3 is 3.07 bits per heavy atom. The summed E-state index contributed by atoms with van der Waals surface area (Å²) in [6.45, 7) is 0.465. The van der Waals surface area contributed by atoms with Gasteiger partial charge in [0.2, 0.25) is 6.08 Å². The predicted molar refractivity (Wildman–Crippen MR) is 57.4 cm³/mol. The minimum Gasteiger partial charge on any atom is -0.271 e. The number of benzene rings is 1. The molecule has 0 amide bonds. The van der Waals surface area contributed by atoms with Gasteiger partial charge in [0, 0.05) is 24.5 Å². The van der Waals surface area contributed by atoms with Crippen molar-refractivity contribution < 1.29 is 4.79 Å². The highest BCUT2D eigenvalue weighted by Gasteiger charge is 2.06. The lowest BCUT2D eigenvalue weighted by molar-refractivity contribution is 0.562. The molecule has 0 saturated heterocycles. The van der Waals surface area contributed by atoms with Gasteiger partial charge in [-0.25, -0.2) is 9.79 Å². The zero-order valence-electron chi connectivity index (χ0n) is 8.47. The van der Waals surface area contributed by atoms with Gasteiger partial charge in [-0.05, 0) is 6.07 Å². The first-order valence-electron chi connectivity index (χ1n) is 4.77. The van der Waals surface area contributed by atoms with E-state index < -0.39 is 0 Å². The smallest absolute Gasteiger partial charge is 0.234 e. The number of aryl methyl sites for hydroxylation is 1. The standard InChI is InChI=1S/C11H11N3O/c1-14-11(6-7-12-8-15)9-4-2-3-5-10(9)13-14/h2-5H,6-7H2,1H3. The summed E-state index contributed by atoms with van der Waals surface area (Å²) >= 11 is 0. The van der Waals surface area contributed by atoms with Crippen LogP contribution in [0.1, 0.15) is 5.69 Å². The second kappa shape index (κ2) is 4.07. The summed E-state index contributed by atoms with van der Waals surface area (Å²) in [6, 6.07) is 7.95. The fourth-order valence-corrected chi connectivity index (χ4v) is 1.71. The molecule has 4 heteroatoms. The van der Waals surface area contributed by atoms with Crippen molar-refractivity contribution >= 4 is 17.0 Å². The summed E-state index contributed by atoms with van der Waals surface area (Å²) in [6.07, 6.45) is 2.26. The van der Waals surface area contributed by atoms with Gasteiger partial charge in [0.1, 0.15) is 0 Å². The maximum atomic E-state index is 9.97. The molecule has 0 aliphatic heterocycles. The zero-order valence-corrected chi connectivity index (χ0v) is 8.47. The van der Waals surface area contributed by atoms with Crippen LogP contribution in [0.5, 0.6) is 0 Å². The largest absolute Gasteiger partial charge is 0.271 e. The monoisotopic (exact) mass is 201 g/mol. The molecule has 0 N–H and O–H groups in total. The van der Waals surface area contributed by atoms with Crippen molar-refractivity contribution in [2.45, 2.75) is 6.42 Å². The quantitative estimate of drug-likeness (QED) is 0.557. The Labute approximate surface area is 87.2 Å². The van der Waals surface area contributed by atoms with Crippen LogP contribution in [0.3, 0.4) is 0 Å². The first kappa shape index (κ1) is 9.62. The molecule has 1 heterocycles. The molecular weight excluding hydrogens is 190 g/mol. The van der Waals surface area contributed by atoms with Gasteiger partial charge in [0.25, 0.3) is 0 Å².